The molecule has 210 valence electrons. The number of hydrogen-bond acceptors (Lipinski definition) is 9. The molecule has 3 aromatic rings. The summed E-state index contributed by atoms with van der Waals surface area (Å²) in [5.74, 6) is -5.15. The van der Waals surface area contributed by atoms with Gasteiger partial charge >= 0.3 is 5.97 Å². The fourth-order valence-electron chi connectivity index (χ4n) is 4.07. The van der Waals surface area contributed by atoms with Crippen molar-refractivity contribution < 1.29 is 33.3 Å². The first-order valence-electron chi connectivity index (χ1n) is 12.2. The number of nitrogens with zero attached hydrogens (tertiary/aromatic N) is 4. The van der Waals surface area contributed by atoms with Crippen molar-refractivity contribution in [1.82, 2.24) is 9.88 Å². The molecule has 40 heavy (non-hydrogen) atoms. The highest BCUT2D eigenvalue weighted by Crippen LogP contribution is 2.40. The van der Waals surface area contributed by atoms with E-state index in [4.69, 9.17) is 20.6 Å². The number of hydrogen-bond donors (Lipinski definition) is 4. The van der Waals surface area contributed by atoms with Gasteiger partial charge < -0.3 is 35.2 Å². The van der Waals surface area contributed by atoms with Crippen LogP contribution in [0.4, 0.5) is 14.5 Å². The Morgan fingerprint density at radius 3 is 2.52 bits per heavy atom. The van der Waals surface area contributed by atoms with E-state index < -0.39 is 53.3 Å². The third-order valence-corrected chi connectivity index (χ3v) is 6.32. The number of amidine groups is 2. The molecular formula is C27H28F2N6O5. The van der Waals surface area contributed by atoms with Crippen molar-refractivity contribution in [3.8, 4) is 29.0 Å². The maximum Gasteiger partial charge on any atom is 0.305 e. The number of ether oxygens (including phenoxy) is 2. The minimum absolute atomic E-state index is 0.177. The summed E-state index contributed by atoms with van der Waals surface area (Å²) in [7, 11) is 3.21. The Balaban J connectivity index is 1.80. The van der Waals surface area contributed by atoms with Crippen molar-refractivity contribution >= 4 is 23.3 Å². The number of aromatic hydroxyl groups is 1. The van der Waals surface area contributed by atoms with Gasteiger partial charge in [0.1, 0.15) is 23.1 Å². The zero-order valence-electron chi connectivity index (χ0n) is 22.0. The second-order valence-corrected chi connectivity index (χ2v) is 9.21. The number of rotatable bonds is 10. The molecule has 1 aliphatic heterocycles. The quantitative estimate of drug-likeness (QED) is 0.215. The smallest absolute Gasteiger partial charge is 0.305 e. The fraction of sp³-hybridized carbons (Fsp3) is 0.259. The molecule has 0 aliphatic carbocycles. The molecule has 11 nitrogen and oxygen atoms in total. The van der Waals surface area contributed by atoms with Crippen LogP contribution in [0.2, 0.25) is 0 Å². The molecule has 1 atom stereocenters. The highest BCUT2D eigenvalue weighted by atomic mass is 19.1. The maximum absolute atomic E-state index is 15.8. The van der Waals surface area contributed by atoms with E-state index in [2.05, 4.69) is 9.98 Å². The van der Waals surface area contributed by atoms with Crippen LogP contribution in [0.3, 0.4) is 0 Å². The van der Waals surface area contributed by atoms with Crippen molar-refractivity contribution in [3.05, 3.63) is 65.2 Å². The van der Waals surface area contributed by atoms with E-state index in [9.17, 15) is 15.0 Å². The van der Waals surface area contributed by atoms with Crippen molar-refractivity contribution in [2.45, 2.75) is 19.4 Å². The fourth-order valence-corrected chi connectivity index (χ4v) is 4.07. The van der Waals surface area contributed by atoms with Gasteiger partial charge in [0.15, 0.2) is 11.5 Å². The second kappa shape index (κ2) is 11.4. The molecule has 0 fully saturated rings. The number of anilines is 1. The van der Waals surface area contributed by atoms with Crippen LogP contribution in [-0.4, -0.2) is 71.0 Å². The summed E-state index contributed by atoms with van der Waals surface area (Å²) in [6, 6.07) is 9.60. The number of halogens is 2. The van der Waals surface area contributed by atoms with Crippen molar-refractivity contribution in [2.24, 2.45) is 10.7 Å². The van der Waals surface area contributed by atoms with E-state index in [1.807, 2.05) is 18.0 Å². The molecule has 1 aliphatic rings. The summed E-state index contributed by atoms with van der Waals surface area (Å²) < 4.78 is 42.8. The number of carboxylic acids is 1. The lowest BCUT2D eigenvalue weighted by Gasteiger charge is -2.27. The molecule has 0 saturated heterocycles. The Kier molecular flexibility index (Phi) is 8.03. The Morgan fingerprint density at radius 1 is 1.20 bits per heavy atom. The Morgan fingerprint density at radius 2 is 1.90 bits per heavy atom. The van der Waals surface area contributed by atoms with Crippen LogP contribution in [0.15, 0.2) is 47.5 Å². The number of pyridine rings is 1. The summed E-state index contributed by atoms with van der Waals surface area (Å²) in [6.07, 6.45) is -0.413. The molecule has 1 unspecified atom stereocenters. The van der Waals surface area contributed by atoms with Crippen LogP contribution in [-0.2, 0) is 4.79 Å². The lowest BCUT2D eigenvalue weighted by molar-refractivity contribution is -0.137. The number of nitrogens with two attached hydrogens (primary N) is 1. The number of aliphatic imine (C=N–C) groups is 1. The molecule has 0 bridgehead atoms. The topological polar surface area (TPSA) is 158 Å². The number of aliphatic carboxylic acids is 1. The maximum atomic E-state index is 15.8. The number of carboxylic acid groups (broad SMARTS) is 1. The molecule has 0 radical (unpaired) electrons. The number of phenolic OH excluding ortho intramolecular Hbond substituents is 1. The van der Waals surface area contributed by atoms with E-state index in [0.29, 0.717) is 6.54 Å². The third-order valence-electron chi connectivity index (χ3n) is 6.32. The van der Waals surface area contributed by atoms with Gasteiger partial charge in [0.25, 0.3) is 11.8 Å². The lowest BCUT2D eigenvalue weighted by atomic mass is 10.1. The largest absolute Gasteiger partial charge is 0.504 e. The van der Waals surface area contributed by atoms with Gasteiger partial charge in [-0.2, -0.15) is 13.8 Å². The predicted molar refractivity (Wildman–Crippen MR) is 144 cm³/mol. The summed E-state index contributed by atoms with van der Waals surface area (Å²) >= 11 is 0. The SMILES string of the molecule is CC(CC(=O)O)N(C)c1c(F)c(Oc2cccc(C3=NCCN3C)c2)nc(Oc2cc(C(=N)N)ccc2O)c1F. The zero-order valence-corrected chi connectivity index (χ0v) is 22.0. The van der Waals surface area contributed by atoms with Crippen LogP contribution < -0.4 is 20.1 Å². The number of aromatic nitrogens is 1. The van der Waals surface area contributed by atoms with Crippen LogP contribution in [0.5, 0.6) is 29.0 Å². The molecule has 0 saturated carbocycles. The van der Waals surface area contributed by atoms with Crippen LogP contribution >= 0.6 is 0 Å². The predicted octanol–water partition coefficient (Wildman–Crippen LogP) is 3.93. The van der Waals surface area contributed by atoms with Crippen molar-refractivity contribution in [2.75, 3.05) is 32.1 Å². The van der Waals surface area contributed by atoms with Gasteiger partial charge in [0.05, 0.1) is 13.0 Å². The van der Waals surface area contributed by atoms with Crippen molar-refractivity contribution in [3.63, 3.8) is 0 Å². The zero-order chi connectivity index (χ0) is 29.1. The van der Waals surface area contributed by atoms with Crippen LogP contribution in [0, 0.1) is 17.0 Å². The highest BCUT2D eigenvalue weighted by molar-refractivity contribution is 6.00. The summed E-state index contributed by atoms with van der Waals surface area (Å²) in [5.41, 5.74) is 5.76. The molecule has 0 spiro atoms. The molecular weight excluding hydrogens is 526 g/mol. The molecule has 13 heteroatoms. The van der Waals surface area contributed by atoms with Gasteiger partial charge in [-0.25, -0.2) is 0 Å². The van der Waals surface area contributed by atoms with Crippen LogP contribution in [0.1, 0.15) is 24.5 Å². The van der Waals surface area contributed by atoms with E-state index in [0.717, 1.165) is 22.8 Å². The molecule has 1 aromatic heterocycles. The van der Waals surface area contributed by atoms with Crippen LogP contribution in [0.25, 0.3) is 0 Å². The molecule has 2 aromatic carbocycles. The first-order chi connectivity index (χ1) is 19.0. The van der Waals surface area contributed by atoms with E-state index in [1.54, 1.807) is 18.2 Å². The van der Waals surface area contributed by atoms with Gasteiger partial charge in [-0.3, -0.25) is 15.2 Å². The normalized spacial score (nSPS) is 13.5. The van der Waals surface area contributed by atoms with Gasteiger partial charge in [0.2, 0.25) is 11.6 Å². The molecule has 0 amide bonds. The van der Waals surface area contributed by atoms with E-state index >= 15 is 8.78 Å². The molecule has 5 N–H and O–H groups in total. The van der Waals surface area contributed by atoms with E-state index in [1.165, 1.54) is 32.2 Å². The first kappa shape index (κ1) is 28.1. The standard InChI is InChI=1S/C27H28F2N6O5/c1-14(11-20(37)38)35(3)23-21(28)26(39-17-6-4-5-16(12-17)25-32-9-10-34(25)2)33-27(22(23)29)40-19-13-15(24(30)31)7-8-18(19)36/h4-8,12-14,36H,9-11H2,1-3H3,(H3,30,31)(H,37,38). The second-order valence-electron chi connectivity index (χ2n) is 9.21. The van der Waals surface area contributed by atoms with Crippen molar-refractivity contribution in [1.29, 1.82) is 5.41 Å². The third kappa shape index (κ3) is 5.87. The number of phenols is 1. The molecule has 2 heterocycles. The number of likely N-dealkylation sites (N-methyl/N-ethyl adjacent to an activating group) is 1. The highest BCUT2D eigenvalue weighted by Gasteiger charge is 2.29. The Bertz CT molecular complexity index is 1500. The number of nitrogens with one attached hydrogen (secondary N) is 1. The Hall–Kier alpha value is -4.94. The Labute approximate surface area is 228 Å². The number of carbonyl (C=O) groups is 1. The summed E-state index contributed by atoms with van der Waals surface area (Å²) in [6.45, 7) is 2.86. The van der Waals surface area contributed by atoms with Gasteiger partial charge in [-0.05, 0) is 37.3 Å². The number of nitrogen functional groups attached to an aromatic ring is 1. The average molecular weight is 555 g/mol. The van der Waals surface area contributed by atoms with Gasteiger partial charge in [-0.1, -0.05) is 12.1 Å². The summed E-state index contributed by atoms with van der Waals surface area (Å²) in [4.78, 5) is 22.7. The minimum Gasteiger partial charge on any atom is -0.504 e. The minimum atomic E-state index is -1.26. The lowest BCUT2D eigenvalue weighted by Crippen LogP contribution is -2.32. The van der Waals surface area contributed by atoms with E-state index in [-0.39, 0.29) is 22.9 Å². The monoisotopic (exact) mass is 554 g/mol. The number of benzene rings is 2. The van der Waals surface area contributed by atoms with Gasteiger partial charge in [-0.15, -0.1) is 0 Å². The summed E-state index contributed by atoms with van der Waals surface area (Å²) in [5, 5.41) is 27.1. The van der Waals surface area contributed by atoms with Gasteiger partial charge in [0, 0.05) is 37.8 Å². The average Bonchev–Trinajstić information content (AvgIpc) is 3.33. The first-order valence-corrected chi connectivity index (χ1v) is 12.2. The molecule has 4 rings (SSSR count).